The first-order valence-electron chi connectivity index (χ1n) is 3.69. The number of aromatic nitrogens is 2. The maximum Gasteiger partial charge on any atom is 0.124 e. The van der Waals surface area contributed by atoms with Crippen molar-refractivity contribution in [3.8, 4) is 0 Å². The monoisotopic (exact) mass is 178 g/mol. The summed E-state index contributed by atoms with van der Waals surface area (Å²) < 4.78 is 12.8. The fourth-order valence-electron chi connectivity index (χ4n) is 1.14. The lowest BCUT2D eigenvalue weighted by atomic mass is 10.2. The number of nitrogens with zero attached hydrogens (tertiary/aromatic N) is 2. The van der Waals surface area contributed by atoms with E-state index < -0.39 is 0 Å². The topological polar surface area (TPSA) is 63.8 Å². The highest BCUT2D eigenvalue weighted by Crippen LogP contribution is 2.19. The summed E-state index contributed by atoms with van der Waals surface area (Å²) in [5, 5.41) is 8.14. The van der Waals surface area contributed by atoms with Gasteiger partial charge in [0.05, 0.1) is 17.4 Å². The molecular weight excluding hydrogens is 171 g/mol. The number of anilines is 1. The third-order valence-electron chi connectivity index (χ3n) is 1.76. The highest BCUT2D eigenvalue weighted by molar-refractivity contribution is 5.89. The summed E-state index contributed by atoms with van der Waals surface area (Å²) in [6.45, 7) is 0. The Kier molecular flexibility index (Phi) is 1.79. The van der Waals surface area contributed by atoms with Crippen LogP contribution in [0.5, 0.6) is 0 Å². The third kappa shape index (κ3) is 1.29. The van der Waals surface area contributed by atoms with Gasteiger partial charge in [-0.1, -0.05) is 0 Å². The van der Waals surface area contributed by atoms with Crippen LogP contribution in [0.2, 0.25) is 0 Å². The third-order valence-corrected chi connectivity index (χ3v) is 1.76. The fourth-order valence-corrected chi connectivity index (χ4v) is 1.14. The maximum atomic E-state index is 12.8. The van der Waals surface area contributed by atoms with Crippen molar-refractivity contribution >= 4 is 16.6 Å². The molecule has 0 fully saturated rings. The van der Waals surface area contributed by atoms with Gasteiger partial charge < -0.3 is 5.43 Å². The molecule has 66 valence electrons. The molecule has 0 unspecified atom stereocenters. The largest absolute Gasteiger partial charge is 0.322 e. The minimum Gasteiger partial charge on any atom is -0.322 e. The Morgan fingerprint density at radius 2 is 2.23 bits per heavy atom. The van der Waals surface area contributed by atoms with Crippen LogP contribution in [0.1, 0.15) is 0 Å². The van der Waals surface area contributed by atoms with Crippen LogP contribution in [0.3, 0.4) is 0 Å². The van der Waals surface area contributed by atoms with Gasteiger partial charge >= 0.3 is 0 Å². The van der Waals surface area contributed by atoms with Crippen LogP contribution in [0.15, 0.2) is 24.4 Å². The molecule has 0 aliphatic heterocycles. The smallest absolute Gasteiger partial charge is 0.124 e. The zero-order chi connectivity index (χ0) is 9.26. The molecular formula is C8H7FN4. The summed E-state index contributed by atoms with van der Waals surface area (Å²) in [5.41, 5.74) is 3.60. The number of hydrogen-bond donors (Lipinski definition) is 2. The van der Waals surface area contributed by atoms with Crippen molar-refractivity contribution in [1.29, 1.82) is 0 Å². The molecule has 5 heteroatoms. The Hall–Kier alpha value is -1.75. The molecule has 3 N–H and O–H groups in total. The van der Waals surface area contributed by atoms with Gasteiger partial charge in [0.2, 0.25) is 0 Å². The van der Waals surface area contributed by atoms with E-state index in [0.717, 1.165) is 0 Å². The van der Waals surface area contributed by atoms with Gasteiger partial charge in [-0.3, -0.25) is 5.84 Å². The summed E-state index contributed by atoms with van der Waals surface area (Å²) in [6.07, 6.45) is 1.45. The van der Waals surface area contributed by atoms with E-state index in [4.69, 9.17) is 5.84 Å². The highest BCUT2D eigenvalue weighted by Gasteiger charge is 2.02. The van der Waals surface area contributed by atoms with Crippen LogP contribution in [-0.4, -0.2) is 10.2 Å². The summed E-state index contributed by atoms with van der Waals surface area (Å²) >= 11 is 0. The van der Waals surface area contributed by atoms with E-state index in [-0.39, 0.29) is 5.82 Å². The molecule has 0 bridgehead atoms. The molecule has 0 saturated heterocycles. The summed E-state index contributed by atoms with van der Waals surface area (Å²) in [5.74, 6) is 4.90. The predicted molar refractivity (Wildman–Crippen MR) is 47.3 cm³/mol. The molecule has 13 heavy (non-hydrogen) atoms. The Bertz CT molecular complexity index is 443. The fraction of sp³-hybridized carbons (Fsp3) is 0. The number of halogens is 1. The normalized spacial score (nSPS) is 10.3. The molecule has 0 saturated carbocycles. The quantitative estimate of drug-likeness (QED) is 0.506. The lowest BCUT2D eigenvalue weighted by Crippen LogP contribution is -2.08. The standard InChI is InChI=1S/C8H7FN4/c9-5-1-2-7-6(3-5)8(12-10)4-11-13-7/h1-4H,10H2,(H,12,13). The van der Waals surface area contributed by atoms with E-state index in [1.54, 1.807) is 6.07 Å². The first kappa shape index (κ1) is 7.88. The zero-order valence-corrected chi connectivity index (χ0v) is 6.66. The van der Waals surface area contributed by atoms with Gasteiger partial charge in [0.15, 0.2) is 0 Å². The molecule has 4 nitrogen and oxygen atoms in total. The molecule has 0 amide bonds. The lowest BCUT2D eigenvalue weighted by molar-refractivity contribution is 0.629. The van der Waals surface area contributed by atoms with E-state index in [1.807, 2.05) is 0 Å². The second kappa shape index (κ2) is 2.95. The van der Waals surface area contributed by atoms with Gasteiger partial charge in [-0.15, -0.1) is 0 Å². The first-order valence-corrected chi connectivity index (χ1v) is 3.69. The number of nitrogens with one attached hydrogen (secondary N) is 1. The molecule has 1 heterocycles. The van der Waals surface area contributed by atoms with Crippen molar-refractivity contribution in [3.63, 3.8) is 0 Å². The summed E-state index contributed by atoms with van der Waals surface area (Å²) in [4.78, 5) is 0. The number of nitrogens with two attached hydrogens (primary N) is 1. The van der Waals surface area contributed by atoms with Crippen molar-refractivity contribution < 1.29 is 4.39 Å². The number of hydrazine groups is 1. The Balaban J connectivity index is 2.79. The molecule has 0 atom stereocenters. The van der Waals surface area contributed by atoms with Crippen molar-refractivity contribution in [2.45, 2.75) is 0 Å². The van der Waals surface area contributed by atoms with Gasteiger partial charge in [-0.05, 0) is 18.2 Å². The van der Waals surface area contributed by atoms with Crippen molar-refractivity contribution in [2.75, 3.05) is 5.43 Å². The minimum absolute atomic E-state index is 0.322. The average Bonchev–Trinajstić information content (AvgIpc) is 2.17. The van der Waals surface area contributed by atoms with Gasteiger partial charge in [-0.25, -0.2) is 4.39 Å². The number of fused-ring (bicyclic) bond motifs is 1. The van der Waals surface area contributed by atoms with Gasteiger partial charge in [0.1, 0.15) is 5.82 Å². The SMILES string of the molecule is NNc1cnnc2ccc(F)cc12. The Morgan fingerprint density at radius 1 is 1.38 bits per heavy atom. The number of hydrogen-bond acceptors (Lipinski definition) is 4. The lowest BCUT2D eigenvalue weighted by Gasteiger charge is -2.02. The van der Waals surface area contributed by atoms with E-state index in [1.165, 1.54) is 18.3 Å². The summed E-state index contributed by atoms with van der Waals surface area (Å²) in [6, 6.07) is 4.25. The van der Waals surface area contributed by atoms with E-state index >= 15 is 0 Å². The van der Waals surface area contributed by atoms with E-state index in [2.05, 4.69) is 15.6 Å². The van der Waals surface area contributed by atoms with Crippen molar-refractivity contribution in [2.24, 2.45) is 5.84 Å². The molecule has 2 rings (SSSR count). The summed E-state index contributed by atoms with van der Waals surface area (Å²) in [7, 11) is 0. The Morgan fingerprint density at radius 3 is 3.00 bits per heavy atom. The molecule has 0 aliphatic rings. The maximum absolute atomic E-state index is 12.8. The van der Waals surface area contributed by atoms with Crippen LogP contribution in [0, 0.1) is 5.82 Å². The van der Waals surface area contributed by atoms with Gasteiger partial charge in [0.25, 0.3) is 0 Å². The van der Waals surface area contributed by atoms with Crippen molar-refractivity contribution in [1.82, 2.24) is 10.2 Å². The van der Waals surface area contributed by atoms with Crippen molar-refractivity contribution in [3.05, 3.63) is 30.2 Å². The number of rotatable bonds is 1. The molecule has 0 radical (unpaired) electrons. The molecule has 2 aromatic rings. The van der Waals surface area contributed by atoms with E-state index in [9.17, 15) is 4.39 Å². The average molecular weight is 178 g/mol. The Labute approximate surface area is 73.5 Å². The molecule has 0 spiro atoms. The number of benzene rings is 1. The van der Waals surface area contributed by atoms with Crippen LogP contribution in [0.4, 0.5) is 10.1 Å². The predicted octanol–water partition coefficient (Wildman–Crippen LogP) is 1.05. The van der Waals surface area contributed by atoms with Gasteiger partial charge in [0, 0.05) is 5.39 Å². The van der Waals surface area contributed by atoms with Crippen LogP contribution in [-0.2, 0) is 0 Å². The molecule has 1 aromatic carbocycles. The minimum atomic E-state index is -0.322. The highest BCUT2D eigenvalue weighted by atomic mass is 19.1. The first-order chi connectivity index (χ1) is 6.31. The van der Waals surface area contributed by atoms with Crippen LogP contribution >= 0.6 is 0 Å². The van der Waals surface area contributed by atoms with Crippen LogP contribution in [0.25, 0.3) is 10.9 Å². The van der Waals surface area contributed by atoms with Gasteiger partial charge in [-0.2, -0.15) is 10.2 Å². The second-order valence-electron chi connectivity index (χ2n) is 2.56. The zero-order valence-electron chi connectivity index (χ0n) is 6.66. The molecule has 1 aromatic heterocycles. The number of nitrogen functional groups attached to an aromatic ring is 1. The second-order valence-corrected chi connectivity index (χ2v) is 2.56. The molecule has 0 aliphatic carbocycles. The van der Waals surface area contributed by atoms with Crippen LogP contribution < -0.4 is 11.3 Å². The van der Waals surface area contributed by atoms with E-state index in [0.29, 0.717) is 16.6 Å².